The van der Waals surface area contributed by atoms with Crippen molar-refractivity contribution in [2.75, 3.05) is 13.2 Å². The highest BCUT2D eigenvalue weighted by Gasteiger charge is 2.56. The van der Waals surface area contributed by atoms with Gasteiger partial charge in [0.05, 0.1) is 12.1 Å². The van der Waals surface area contributed by atoms with Crippen molar-refractivity contribution in [2.45, 2.75) is 31.2 Å². The van der Waals surface area contributed by atoms with E-state index in [-0.39, 0.29) is 5.54 Å². The van der Waals surface area contributed by atoms with Crippen LogP contribution in [0.1, 0.15) is 25.7 Å². The monoisotopic (exact) mass is 203 g/mol. The van der Waals surface area contributed by atoms with Crippen molar-refractivity contribution in [2.24, 2.45) is 5.92 Å². The standard InChI is InChI=1S/C8H13NO3S/c10-13(11)9-5-7-1-3-8(9,4-2-7)6-12-13/h7H,1-6H2. The summed E-state index contributed by atoms with van der Waals surface area (Å²) in [6.07, 6.45) is 4.35. The molecule has 2 bridgehead atoms. The Labute approximate surface area is 78.1 Å². The topological polar surface area (TPSA) is 46.6 Å². The van der Waals surface area contributed by atoms with Gasteiger partial charge in [0.25, 0.3) is 0 Å². The molecule has 0 aromatic rings. The highest BCUT2D eigenvalue weighted by atomic mass is 32.2. The Morgan fingerprint density at radius 2 is 2.00 bits per heavy atom. The molecule has 1 aliphatic carbocycles. The third-order valence-electron chi connectivity index (χ3n) is 3.74. The molecular formula is C8H13NO3S. The van der Waals surface area contributed by atoms with Gasteiger partial charge in [0.2, 0.25) is 0 Å². The minimum atomic E-state index is -3.35. The second-order valence-electron chi connectivity index (χ2n) is 4.42. The molecule has 1 spiro atoms. The molecule has 0 radical (unpaired) electrons. The number of fused-ring (bicyclic) bond motifs is 2. The van der Waals surface area contributed by atoms with Crippen LogP contribution in [0.4, 0.5) is 0 Å². The van der Waals surface area contributed by atoms with E-state index in [0.717, 1.165) is 12.8 Å². The first-order valence-electron chi connectivity index (χ1n) is 4.80. The molecule has 4 rings (SSSR count). The number of piperidine rings is 2. The molecule has 13 heavy (non-hydrogen) atoms. The Bertz CT molecular complexity index is 329. The number of hydrogen-bond donors (Lipinski definition) is 0. The van der Waals surface area contributed by atoms with E-state index in [1.54, 1.807) is 4.31 Å². The number of nitrogens with zero attached hydrogens (tertiary/aromatic N) is 1. The summed E-state index contributed by atoms with van der Waals surface area (Å²) in [6.45, 7) is 1.09. The van der Waals surface area contributed by atoms with Gasteiger partial charge in [-0.1, -0.05) is 0 Å². The Kier molecular flexibility index (Phi) is 1.43. The van der Waals surface area contributed by atoms with Crippen LogP contribution in [0.15, 0.2) is 0 Å². The van der Waals surface area contributed by atoms with E-state index >= 15 is 0 Å². The van der Waals surface area contributed by atoms with Gasteiger partial charge in [-0.25, -0.2) is 0 Å². The minimum absolute atomic E-state index is 0.145. The van der Waals surface area contributed by atoms with Gasteiger partial charge in [-0.3, -0.25) is 4.18 Å². The van der Waals surface area contributed by atoms with Gasteiger partial charge in [0, 0.05) is 6.54 Å². The highest BCUT2D eigenvalue weighted by molar-refractivity contribution is 7.84. The second kappa shape index (κ2) is 2.27. The Morgan fingerprint density at radius 3 is 2.62 bits per heavy atom. The average Bonchev–Trinajstić information content (AvgIpc) is 2.42. The van der Waals surface area contributed by atoms with Crippen LogP contribution in [0.2, 0.25) is 0 Å². The fourth-order valence-corrected chi connectivity index (χ4v) is 4.47. The summed E-state index contributed by atoms with van der Waals surface area (Å²) < 4.78 is 29.5. The van der Waals surface area contributed by atoms with Crippen LogP contribution in [-0.2, 0) is 14.5 Å². The van der Waals surface area contributed by atoms with E-state index in [4.69, 9.17) is 4.18 Å². The van der Waals surface area contributed by atoms with Crippen LogP contribution in [0.3, 0.4) is 0 Å². The van der Waals surface area contributed by atoms with Gasteiger partial charge in [-0.15, -0.1) is 0 Å². The maximum Gasteiger partial charge on any atom is 0.339 e. The molecule has 4 fully saturated rings. The molecule has 0 atom stereocenters. The molecule has 0 N–H and O–H groups in total. The van der Waals surface area contributed by atoms with Crippen molar-refractivity contribution in [3.8, 4) is 0 Å². The van der Waals surface area contributed by atoms with E-state index in [9.17, 15) is 8.42 Å². The lowest BCUT2D eigenvalue weighted by Crippen LogP contribution is -2.56. The first-order chi connectivity index (χ1) is 6.12. The fourth-order valence-electron chi connectivity index (χ4n) is 2.87. The molecule has 4 nitrogen and oxygen atoms in total. The zero-order valence-corrected chi connectivity index (χ0v) is 8.22. The van der Waals surface area contributed by atoms with Gasteiger partial charge in [0.1, 0.15) is 0 Å². The molecule has 0 amide bonds. The normalized spacial score (nSPS) is 47.8. The van der Waals surface area contributed by atoms with Gasteiger partial charge in [-0.05, 0) is 31.6 Å². The molecule has 0 unspecified atom stereocenters. The lowest BCUT2D eigenvalue weighted by molar-refractivity contribution is 0.0362. The lowest BCUT2D eigenvalue weighted by atomic mass is 9.72. The summed E-state index contributed by atoms with van der Waals surface area (Å²) in [5.74, 6) is 0.582. The zero-order chi connectivity index (χ0) is 9.10. The van der Waals surface area contributed by atoms with Crippen LogP contribution < -0.4 is 0 Å². The van der Waals surface area contributed by atoms with E-state index in [1.165, 1.54) is 12.8 Å². The van der Waals surface area contributed by atoms with Crippen LogP contribution in [0.25, 0.3) is 0 Å². The van der Waals surface area contributed by atoms with Crippen molar-refractivity contribution in [1.29, 1.82) is 0 Å². The van der Waals surface area contributed by atoms with Crippen molar-refractivity contribution in [3.63, 3.8) is 0 Å². The van der Waals surface area contributed by atoms with Crippen molar-refractivity contribution < 1.29 is 12.6 Å². The second-order valence-corrected chi connectivity index (χ2v) is 5.95. The van der Waals surface area contributed by atoms with Crippen LogP contribution in [0, 0.1) is 5.92 Å². The van der Waals surface area contributed by atoms with Gasteiger partial charge in [-0.2, -0.15) is 12.7 Å². The molecular weight excluding hydrogens is 190 g/mol. The third kappa shape index (κ3) is 0.951. The Morgan fingerprint density at radius 1 is 1.31 bits per heavy atom. The summed E-state index contributed by atoms with van der Waals surface area (Å²) in [7, 11) is -3.35. The first kappa shape index (κ1) is 8.20. The summed E-state index contributed by atoms with van der Waals surface area (Å²) >= 11 is 0. The predicted octanol–water partition coefficient (Wildman–Crippen LogP) is 0.506. The summed E-state index contributed by atoms with van der Waals surface area (Å²) in [5.41, 5.74) is -0.145. The third-order valence-corrected chi connectivity index (χ3v) is 5.23. The van der Waals surface area contributed by atoms with Crippen molar-refractivity contribution in [3.05, 3.63) is 0 Å². The summed E-state index contributed by atoms with van der Waals surface area (Å²) in [5, 5.41) is 0. The molecule has 3 heterocycles. The Hall–Kier alpha value is -0.130. The van der Waals surface area contributed by atoms with Crippen LogP contribution >= 0.6 is 0 Å². The maximum atomic E-state index is 11.5. The fraction of sp³-hybridized carbons (Fsp3) is 1.00. The average molecular weight is 203 g/mol. The quantitative estimate of drug-likeness (QED) is 0.576. The number of rotatable bonds is 0. The predicted molar refractivity (Wildman–Crippen MR) is 46.3 cm³/mol. The Balaban J connectivity index is 2.06. The molecule has 0 aromatic heterocycles. The molecule has 3 saturated heterocycles. The molecule has 5 heteroatoms. The van der Waals surface area contributed by atoms with Gasteiger partial charge < -0.3 is 0 Å². The minimum Gasteiger partial charge on any atom is -0.256 e. The summed E-state index contributed by atoms with van der Waals surface area (Å²) in [4.78, 5) is 0. The first-order valence-corrected chi connectivity index (χ1v) is 6.16. The molecule has 4 aliphatic rings. The van der Waals surface area contributed by atoms with Gasteiger partial charge in [0.15, 0.2) is 0 Å². The van der Waals surface area contributed by atoms with Gasteiger partial charge >= 0.3 is 10.3 Å². The van der Waals surface area contributed by atoms with E-state index in [1.807, 2.05) is 0 Å². The van der Waals surface area contributed by atoms with Crippen molar-refractivity contribution in [1.82, 2.24) is 4.31 Å². The molecule has 0 aromatic carbocycles. The van der Waals surface area contributed by atoms with Crippen LogP contribution in [-0.4, -0.2) is 31.4 Å². The highest BCUT2D eigenvalue weighted by Crippen LogP contribution is 2.48. The lowest BCUT2D eigenvalue weighted by Gasteiger charge is -2.47. The zero-order valence-electron chi connectivity index (χ0n) is 7.40. The summed E-state index contributed by atoms with van der Waals surface area (Å²) in [6, 6.07) is 0. The molecule has 3 aliphatic heterocycles. The molecule has 74 valence electrons. The van der Waals surface area contributed by atoms with E-state index < -0.39 is 10.3 Å². The van der Waals surface area contributed by atoms with Crippen LogP contribution in [0.5, 0.6) is 0 Å². The van der Waals surface area contributed by atoms with E-state index in [2.05, 4.69) is 0 Å². The molecule has 1 saturated carbocycles. The van der Waals surface area contributed by atoms with E-state index in [0.29, 0.717) is 19.1 Å². The smallest absolute Gasteiger partial charge is 0.256 e. The maximum absolute atomic E-state index is 11.5. The SMILES string of the molecule is O=S1(=O)OCC23CCC(CC2)CN31. The number of hydrogen-bond acceptors (Lipinski definition) is 3. The van der Waals surface area contributed by atoms with Crippen molar-refractivity contribution >= 4 is 10.3 Å². The largest absolute Gasteiger partial charge is 0.339 e.